The van der Waals surface area contributed by atoms with E-state index in [0.29, 0.717) is 23.9 Å². The number of hydrogen-bond donors (Lipinski definition) is 0. The van der Waals surface area contributed by atoms with Gasteiger partial charge in [0.05, 0.1) is 17.6 Å². The van der Waals surface area contributed by atoms with Gasteiger partial charge in [-0.05, 0) is 97.0 Å². The largest absolute Gasteiger partial charge is 0.398 e. The van der Waals surface area contributed by atoms with Crippen LogP contribution in [-0.2, 0) is 14.0 Å². The molecule has 4 heteroatoms. The van der Waals surface area contributed by atoms with Gasteiger partial charge in [0.15, 0.2) is 0 Å². The van der Waals surface area contributed by atoms with Crippen molar-refractivity contribution in [3.05, 3.63) is 103 Å². The first-order chi connectivity index (χ1) is 21.0. The second-order valence-corrected chi connectivity index (χ2v) is 17.1. The molecule has 224 valence electrons. The Hall–Kier alpha value is -2.79. The molecule has 3 saturated carbocycles. The maximum Gasteiger partial charge on any atom is 0.288 e. The summed E-state index contributed by atoms with van der Waals surface area (Å²) in [6, 6.07) is 32.6. The van der Waals surface area contributed by atoms with E-state index in [1.54, 1.807) is 0 Å². The zero-order valence-corrected chi connectivity index (χ0v) is 26.8. The van der Waals surface area contributed by atoms with Crippen molar-refractivity contribution in [1.29, 1.82) is 0 Å². The van der Waals surface area contributed by atoms with Crippen LogP contribution in [0, 0.1) is 28.6 Å². The van der Waals surface area contributed by atoms with Crippen molar-refractivity contribution in [2.24, 2.45) is 28.6 Å². The Morgan fingerprint density at radius 1 is 0.767 bits per heavy atom. The number of benzene rings is 3. The van der Waals surface area contributed by atoms with E-state index in [0.717, 1.165) is 32.3 Å². The van der Waals surface area contributed by atoms with Crippen molar-refractivity contribution < 1.29 is 14.0 Å². The normalized spacial score (nSPS) is 33.5. The van der Waals surface area contributed by atoms with Gasteiger partial charge in [-0.2, -0.15) is 0 Å². The number of aldehydes is 1. The predicted molar refractivity (Wildman–Crippen MR) is 176 cm³/mol. The van der Waals surface area contributed by atoms with Crippen LogP contribution in [0.1, 0.15) is 65.2 Å². The van der Waals surface area contributed by atoms with Crippen molar-refractivity contribution in [3.8, 4) is 0 Å². The van der Waals surface area contributed by atoms with Crippen LogP contribution >= 0.6 is 0 Å². The molecule has 0 bridgehead atoms. The van der Waals surface area contributed by atoms with Crippen LogP contribution in [0.3, 0.4) is 0 Å². The van der Waals surface area contributed by atoms with Crippen LogP contribution in [-0.4, -0.2) is 33.4 Å². The molecule has 3 aromatic rings. The zero-order chi connectivity index (χ0) is 29.5. The minimum absolute atomic E-state index is 0.0189. The number of hydrogen-bond acceptors (Lipinski definition) is 3. The molecular weight excluding hydrogens is 545 g/mol. The fourth-order valence-electron chi connectivity index (χ4n) is 10.1. The van der Waals surface area contributed by atoms with Gasteiger partial charge < -0.3 is 14.0 Å². The summed E-state index contributed by atoms with van der Waals surface area (Å²) in [6.07, 6.45) is 12.9. The van der Waals surface area contributed by atoms with Gasteiger partial charge in [-0.15, -0.1) is 0 Å². The monoisotopic (exact) mass is 590 g/mol. The van der Waals surface area contributed by atoms with Gasteiger partial charge in [0.2, 0.25) is 0 Å². The molecule has 0 amide bonds. The standard InChI is InChI=1S/C39H46O3Si/c1-3-41-37-22-21-35-34-20-19-29-27-30(23-26-39(29,28-40)36(34)24-25-38(35,37)2)42-43(31-13-7-4-8-14-31,32-15-9-5-10-16-32)33-17-11-6-12-18-33/h4-18,27-28,30,34-37H,3,19-26H2,1-2H3/t30?,34-,35-,36+,37?,38-,39+/m0/s1. The topological polar surface area (TPSA) is 35.5 Å². The number of ether oxygens (including phenoxy) is 1. The fourth-order valence-corrected chi connectivity index (χ4v) is 14.1. The Morgan fingerprint density at radius 2 is 1.37 bits per heavy atom. The van der Waals surface area contributed by atoms with Crippen LogP contribution in [0.25, 0.3) is 0 Å². The molecule has 4 aliphatic rings. The average Bonchev–Trinajstić information content (AvgIpc) is 3.40. The summed E-state index contributed by atoms with van der Waals surface area (Å²) in [5.74, 6) is 1.74. The first-order valence-electron chi connectivity index (χ1n) is 16.7. The smallest absolute Gasteiger partial charge is 0.288 e. The lowest BCUT2D eigenvalue weighted by molar-refractivity contribution is -0.130. The number of rotatable bonds is 8. The number of fused-ring (bicyclic) bond motifs is 5. The first-order valence-corrected chi connectivity index (χ1v) is 18.6. The van der Waals surface area contributed by atoms with Crippen LogP contribution in [0.2, 0.25) is 0 Å². The fraction of sp³-hybridized carbons (Fsp3) is 0.462. The first kappa shape index (κ1) is 28.9. The molecule has 3 fully saturated rings. The SMILES string of the molecule is CCOC1CC[C@H]2[C@@H]3CCC4=CC(O[Si](c5ccccc5)(c5ccccc5)c5ccccc5)CC[C@]4(C=O)[C@@H]3CC[C@]12C. The van der Waals surface area contributed by atoms with Gasteiger partial charge in [0, 0.05) is 6.61 Å². The molecule has 3 nitrogen and oxygen atoms in total. The lowest BCUT2D eigenvalue weighted by Crippen LogP contribution is -2.70. The summed E-state index contributed by atoms with van der Waals surface area (Å²) in [6.45, 7) is 5.42. The van der Waals surface area contributed by atoms with E-state index in [9.17, 15) is 4.79 Å². The van der Waals surface area contributed by atoms with Crippen molar-refractivity contribution in [2.45, 2.75) is 77.4 Å². The summed E-state index contributed by atoms with van der Waals surface area (Å²) < 4.78 is 13.9. The van der Waals surface area contributed by atoms with Gasteiger partial charge in [-0.3, -0.25) is 0 Å². The number of allylic oxidation sites excluding steroid dienone is 1. The maximum absolute atomic E-state index is 13.3. The molecule has 0 spiro atoms. The quantitative estimate of drug-likeness (QED) is 0.129. The van der Waals surface area contributed by atoms with Crippen LogP contribution < -0.4 is 15.6 Å². The molecule has 4 aliphatic carbocycles. The maximum atomic E-state index is 13.3. The van der Waals surface area contributed by atoms with Gasteiger partial charge in [-0.1, -0.05) is 110 Å². The second-order valence-electron chi connectivity index (χ2n) is 13.8. The van der Waals surface area contributed by atoms with Crippen molar-refractivity contribution in [2.75, 3.05) is 6.61 Å². The molecule has 3 aromatic carbocycles. The van der Waals surface area contributed by atoms with Crippen molar-refractivity contribution in [1.82, 2.24) is 0 Å². The minimum atomic E-state index is -2.83. The van der Waals surface area contributed by atoms with E-state index in [1.165, 1.54) is 53.1 Å². The zero-order valence-electron chi connectivity index (χ0n) is 25.8. The van der Waals surface area contributed by atoms with Crippen LogP contribution in [0.15, 0.2) is 103 Å². The third-order valence-electron chi connectivity index (χ3n) is 12.0. The number of carbonyl (C=O) groups is 1. The summed E-state index contributed by atoms with van der Waals surface area (Å²) in [7, 11) is -2.83. The van der Waals surface area contributed by atoms with E-state index in [4.69, 9.17) is 9.16 Å². The van der Waals surface area contributed by atoms with E-state index < -0.39 is 8.32 Å². The summed E-state index contributed by atoms with van der Waals surface area (Å²) >= 11 is 0. The highest BCUT2D eigenvalue weighted by molar-refractivity contribution is 7.07. The Bertz CT molecular complexity index is 1340. The van der Waals surface area contributed by atoms with Gasteiger partial charge in [-0.25, -0.2) is 0 Å². The predicted octanol–water partition coefficient (Wildman–Crippen LogP) is 6.59. The van der Waals surface area contributed by atoms with Crippen LogP contribution in [0.4, 0.5) is 0 Å². The lowest BCUT2D eigenvalue weighted by atomic mass is 9.47. The minimum Gasteiger partial charge on any atom is -0.398 e. The van der Waals surface area contributed by atoms with Crippen LogP contribution in [0.5, 0.6) is 0 Å². The van der Waals surface area contributed by atoms with E-state index in [-0.39, 0.29) is 16.9 Å². The van der Waals surface area contributed by atoms with Crippen molar-refractivity contribution in [3.63, 3.8) is 0 Å². The lowest BCUT2D eigenvalue weighted by Gasteiger charge is -2.57. The molecule has 7 rings (SSSR count). The molecule has 0 radical (unpaired) electrons. The van der Waals surface area contributed by atoms with E-state index in [1.807, 2.05) is 0 Å². The highest BCUT2D eigenvalue weighted by atomic mass is 28.4. The Morgan fingerprint density at radius 3 is 1.93 bits per heavy atom. The molecule has 7 atom stereocenters. The Balaban J connectivity index is 1.25. The number of carbonyl (C=O) groups excluding carboxylic acids is 1. The summed E-state index contributed by atoms with van der Waals surface area (Å²) in [5, 5.41) is 3.79. The molecule has 0 saturated heterocycles. The highest BCUT2D eigenvalue weighted by Gasteiger charge is 2.61. The average molecular weight is 591 g/mol. The summed E-state index contributed by atoms with van der Waals surface area (Å²) in [5.41, 5.74) is 1.29. The molecule has 0 heterocycles. The molecular formula is C39H46O3Si. The van der Waals surface area contributed by atoms with Crippen molar-refractivity contribution >= 4 is 30.2 Å². The molecule has 2 unspecified atom stereocenters. The Kier molecular flexibility index (Phi) is 7.82. The van der Waals surface area contributed by atoms with Gasteiger partial charge in [0.1, 0.15) is 6.29 Å². The third-order valence-corrected chi connectivity index (χ3v) is 16.1. The molecule has 0 aliphatic heterocycles. The van der Waals surface area contributed by atoms with Gasteiger partial charge >= 0.3 is 0 Å². The van der Waals surface area contributed by atoms with E-state index in [2.05, 4.69) is 111 Å². The third kappa shape index (κ3) is 4.64. The molecule has 43 heavy (non-hydrogen) atoms. The highest BCUT2D eigenvalue weighted by Crippen LogP contribution is 2.65. The second kappa shape index (κ2) is 11.6. The molecule has 0 aromatic heterocycles. The Labute approximate surface area is 258 Å². The van der Waals surface area contributed by atoms with E-state index >= 15 is 0 Å². The molecule has 0 N–H and O–H groups in total. The van der Waals surface area contributed by atoms with Gasteiger partial charge in [0.25, 0.3) is 8.32 Å². The summed E-state index contributed by atoms with van der Waals surface area (Å²) in [4.78, 5) is 13.3.